The fraction of sp³-hybridized carbons (Fsp3) is 0.333. The van der Waals surface area contributed by atoms with E-state index in [0.29, 0.717) is 13.0 Å². The van der Waals surface area contributed by atoms with Gasteiger partial charge in [-0.25, -0.2) is 0 Å². The van der Waals surface area contributed by atoms with Crippen molar-refractivity contribution in [3.05, 3.63) is 18.5 Å². The van der Waals surface area contributed by atoms with E-state index in [1.54, 1.807) is 23.1 Å². The molecule has 3 nitrogen and oxygen atoms in total. The molecule has 54 valence electrons. The molecule has 0 aliphatic carbocycles. The number of nitrogens with zero attached hydrogens (tertiary/aromatic N) is 2. The zero-order chi connectivity index (χ0) is 7.40. The van der Waals surface area contributed by atoms with E-state index < -0.39 is 0 Å². The number of carbonyl (C=O) groups excluding carboxylic acids is 1. The first-order valence-corrected chi connectivity index (χ1v) is 3.32. The van der Waals surface area contributed by atoms with Crippen molar-refractivity contribution in [2.24, 2.45) is 0 Å². The normalized spacial score (nSPS) is 9.70. The Morgan fingerprint density at radius 1 is 1.70 bits per heavy atom. The van der Waals surface area contributed by atoms with Gasteiger partial charge in [0.25, 0.3) is 0 Å². The second-order valence-corrected chi connectivity index (χ2v) is 2.30. The van der Waals surface area contributed by atoms with Crippen molar-refractivity contribution in [3.8, 4) is 0 Å². The Hall–Kier alpha value is -0.830. The zero-order valence-corrected chi connectivity index (χ0v) is 6.08. The predicted octanol–water partition coefficient (Wildman–Crippen LogP) is 1.04. The van der Waals surface area contributed by atoms with E-state index in [1.165, 1.54) is 0 Å². The summed E-state index contributed by atoms with van der Waals surface area (Å²) in [5.41, 5.74) is 0. The van der Waals surface area contributed by atoms with Crippen molar-refractivity contribution in [2.75, 3.05) is 0 Å². The smallest absolute Gasteiger partial charge is 0.223 e. The minimum Gasteiger partial charge on any atom is -0.281 e. The Kier molecular flexibility index (Phi) is 2.45. The minimum absolute atomic E-state index is 0.324. The molecule has 4 heteroatoms. The number of hydrogen-bond donors (Lipinski definition) is 0. The lowest BCUT2D eigenvalue weighted by Crippen LogP contribution is -2.00. The highest BCUT2D eigenvalue weighted by molar-refractivity contribution is 6.63. The predicted molar refractivity (Wildman–Crippen MR) is 37.7 cm³/mol. The van der Waals surface area contributed by atoms with Crippen molar-refractivity contribution < 1.29 is 4.79 Å². The Morgan fingerprint density at radius 2 is 2.50 bits per heavy atom. The first-order chi connectivity index (χ1) is 4.79. The molecule has 0 aliphatic heterocycles. The van der Waals surface area contributed by atoms with Crippen LogP contribution in [-0.2, 0) is 11.3 Å². The SMILES string of the molecule is O=C(Cl)CCn1cccn1. The van der Waals surface area contributed by atoms with E-state index in [9.17, 15) is 4.79 Å². The molecule has 1 aromatic heterocycles. The fourth-order valence-corrected chi connectivity index (χ4v) is 0.720. The lowest BCUT2D eigenvalue weighted by Gasteiger charge is -1.94. The largest absolute Gasteiger partial charge is 0.281 e. The van der Waals surface area contributed by atoms with Gasteiger partial charge in [-0.1, -0.05) is 0 Å². The van der Waals surface area contributed by atoms with Crippen LogP contribution in [-0.4, -0.2) is 15.0 Å². The molecule has 0 bridgehead atoms. The third-order valence-electron chi connectivity index (χ3n) is 1.10. The topological polar surface area (TPSA) is 34.9 Å². The Balaban J connectivity index is 2.35. The van der Waals surface area contributed by atoms with Crippen LogP contribution < -0.4 is 0 Å². The summed E-state index contributed by atoms with van der Waals surface area (Å²) >= 11 is 5.11. The summed E-state index contributed by atoms with van der Waals surface area (Å²) in [7, 11) is 0. The molecule has 1 heterocycles. The molecule has 0 amide bonds. The lowest BCUT2D eigenvalue weighted by atomic mass is 10.5. The summed E-state index contributed by atoms with van der Waals surface area (Å²) in [6, 6.07) is 1.80. The molecule has 1 rings (SSSR count). The summed E-state index contributed by atoms with van der Waals surface area (Å²) in [6.07, 6.45) is 3.79. The van der Waals surface area contributed by atoms with Gasteiger partial charge in [0.15, 0.2) is 0 Å². The Morgan fingerprint density at radius 3 is 3.00 bits per heavy atom. The van der Waals surface area contributed by atoms with Gasteiger partial charge in [-0.05, 0) is 17.7 Å². The maximum absolute atomic E-state index is 10.3. The summed E-state index contributed by atoms with van der Waals surface area (Å²) in [5, 5.41) is 3.57. The van der Waals surface area contributed by atoms with Crippen LogP contribution in [0.5, 0.6) is 0 Å². The third-order valence-corrected chi connectivity index (χ3v) is 1.29. The summed E-state index contributed by atoms with van der Waals surface area (Å²) in [6.45, 7) is 0.565. The van der Waals surface area contributed by atoms with Crippen molar-refractivity contribution in [1.82, 2.24) is 9.78 Å². The Bertz CT molecular complexity index is 208. The van der Waals surface area contributed by atoms with Crippen molar-refractivity contribution >= 4 is 16.8 Å². The van der Waals surface area contributed by atoms with Crippen LogP contribution in [0.2, 0.25) is 0 Å². The number of rotatable bonds is 3. The van der Waals surface area contributed by atoms with Crippen LogP contribution >= 0.6 is 11.6 Å². The van der Waals surface area contributed by atoms with Crippen LogP contribution in [0.4, 0.5) is 0 Å². The van der Waals surface area contributed by atoms with Crippen LogP contribution in [0.1, 0.15) is 6.42 Å². The van der Waals surface area contributed by atoms with Gasteiger partial charge in [-0.2, -0.15) is 5.10 Å². The highest BCUT2D eigenvalue weighted by Gasteiger charge is 1.95. The fourth-order valence-electron chi connectivity index (χ4n) is 0.635. The van der Waals surface area contributed by atoms with Gasteiger partial charge in [-0.15, -0.1) is 0 Å². The standard InChI is InChI=1S/C6H7ClN2O/c7-6(10)2-5-9-4-1-3-8-9/h1,3-4H,2,5H2. The number of aryl methyl sites for hydroxylation is 1. The van der Waals surface area contributed by atoms with E-state index in [1.807, 2.05) is 0 Å². The number of carbonyl (C=O) groups is 1. The van der Waals surface area contributed by atoms with E-state index in [4.69, 9.17) is 11.6 Å². The molecule has 1 aromatic rings. The summed E-state index contributed by atoms with van der Waals surface area (Å²) in [5.74, 6) is 0. The molecule has 0 unspecified atom stereocenters. The Labute approximate surface area is 63.6 Å². The van der Waals surface area contributed by atoms with Gasteiger partial charge in [0.05, 0.1) is 0 Å². The van der Waals surface area contributed by atoms with Gasteiger partial charge in [0.2, 0.25) is 5.24 Å². The molecule has 10 heavy (non-hydrogen) atoms. The highest BCUT2D eigenvalue weighted by Crippen LogP contribution is 1.92. The molecule has 0 atom stereocenters. The maximum atomic E-state index is 10.3. The average Bonchev–Trinajstić information content (AvgIpc) is 2.34. The maximum Gasteiger partial charge on any atom is 0.223 e. The first-order valence-electron chi connectivity index (χ1n) is 2.95. The van der Waals surface area contributed by atoms with Gasteiger partial charge in [-0.3, -0.25) is 9.48 Å². The van der Waals surface area contributed by atoms with E-state index in [-0.39, 0.29) is 5.24 Å². The molecule has 0 fully saturated rings. The molecule has 0 saturated heterocycles. The average molecular weight is 159 g/mol. The number of hydrogen-bond acceptors (Lipinski definition) is 2. The van der Waals surface area contributed by atoms with Crippen molar-refractivity contribution in [3.63, 3.8) is 0 Å². The van der Waals surface area contributed by atoms with E-state index in [2.05, 4.69) is 5.10 Å². The quantitative estimate of drug-likeness (QED) is 0.616. The van der Waals surface area contributed by atoms with Crippen LogP contribution in [0.25, 0.3) is 0 Å². The van der Waals surface area contributed by atoms with Crippen LogP contribution in [0.15, 0.2) is 18.5 Å². The second-order valence-electron chi connectivity index (χ2n) is 1.87. The molecular weight excluding hydrogens is 152 g/mol. The first kappa shape index (κ1) is 7.28. The molecule has 0 radical (unpaired) electrons. The molecule has 0 N–H and O–H groups in total. The second kappa shape index (κ2) is 3.37. The lowest BCUT2D eigenvalue weighted by molar-refractivity contribution is -0.111. The molecule has 0 aliphatic rings. The van der Waals surface area contributed by atoms with E-state index in [0.717, 1.165) is 0 Å². The number of aromatic nitrogens is 2. The van der Waals surface area contributed by atoms with Crippen molar-refractivity contribution in [2.45, 2.75) is 13.0 Å². The molecule has 0 saturated carbocycles. The van der Waals surface area contributed by atoms with Gasteiger partial charge in [0.1, 0.15) is 0 Å². The summed E-state index contributed by atoms with van der Waals surface area (Å²) in [4.78, 5) is 10.3. The van der Waals surface area contributed by atoms with Crippen LogP contribution in [0, 0.1) is 0 Å². The van der Waals surface area contributed by atoms with Gasteiger partial charge in [0, 0.05) is 25.4 Å². The summed E-state index contributed by atoms with van der Waals surface area (Å²) < 4.78 is 1.67. The van der Waals surface area contributed by atoms with Crippen molar-refractivity contribution in [1.29, 1.82) is 0 Å². The third kappa shape index (κ3) is 2.19. The number of halogens is 1. The molecular formula is C6H7ClN2O. The molecule has 0 aromatic carbocycles. The minimum atomic E-state index is -0.324. The van der Waals surface area contributed by atoms with Gasteiger partial charge < -0.3 is 0 Å². The van der Waals surface area contributed by atoms with Gasteiger partial charge >= 0.3 is 0 Å². The molecule has 0 spiro atoms. The van der Waals surface area contributed by atoms with Crippen LogP contribution in [0.3, 0.4) is 0 Å². The zero-order valence-electron chi connectivity index (χ0n) is 5.33. The monoisotopic (exact) mass is 158 g/mol. The van der Waals surface area contributed by atoms with E-state index >= 15 is 0 Å². The highest BCUT2D eigenvalue weighted by atomic mass is 35.5.